The van der Waals surface area contributed by atoms with Crippen molar-refractivity contribution in [2.45, 2.75) is 31.8 Å². The molecule has 3 rings (SSSR count). The van der Waals surface area contributed by atoms with Crippen LogP contribution in [0.4, 0.5) is 4.39 Å². The molecule has 0 bridgehead atoms. The number of amides is 1. The highest BCUT2D eigenvalue weighted by atomic mass is 19.1. The van der Waals surface area contributed by atoms with Gasteiger partial charge >= 0.3 is 0 Å². The standard InChI is InChI=1S/C21H25FN2O2/c1-15(16-5-9-18(22)10-6-16)23-21(25)14-24-13-3-4-20(24)17-7-11-19(26-2)12-8-17/h5-12,15,20H,3-4,13-14H2,1-2H3,(H,23,25)/t15-,20+/m1/s1. The Morgan fingerprint density at radius 2 is 1.92 bits per heavy atom. The second-order valence-corrected chi connectivity index (χ2v) is 6.74. The first-order chi connectivity index (χ1) is 12.6. The summed E-state index contributed by atoms with van der Waals surface area (Å²) in [6, 6.07) is 14.4. The van der Waals surface area contributed by atoms with Crippen molar-refractivity contribution in [1.82, 2.24) is 10.2 Å². The lowest BCUT2D eigenvalue weighted by Crippen LogP contribution is -2.38. The van der Waals surface area contributed by atoms with Crippen LogP contribution < -0.4 is 10.1 Å². The average Bonchev–Trinajstić information content (AvgIpc) is 3.10. The van der Waals surface area contributed by atoms with E-state index in [1.807, 2.05) is 19.1 Å². The Hall–Kier alpha value is -2.40. The maximum Gasteiger partial charge on any atom is 0.234 e. The molecule has 0 aliphatic carbocycles. The molecule has 1 heterocycles. The summed E-state index contributed by atoms with van der Waals surface area (Å²) in [6.07, 6.45) is 2.13. The van der Waals surface area contributed by atoms with E-state index in [0.29, 0.717) is 6.54 Å². The van der Waals surface area contributed by atoms with Gasteiger partial charge in [0, 0.05) is 6.04 Å². The number of likely N-dealkylation sites (tertiary alicyclic amines) is 1. The van der Waals surface area contributed by atoms with Crippen LogP contribution in [0.2, 0.25) is 0 Å². The van der Waals surface area contributed by atoms with Crippen molar-refractivity contribution in [1.29, 1.82) is 0 Å². The van der Waals surface area contributed by atoms with E-state index >= 15 is 0 Å². The van der Waals surface area contributed by atoms with Gasteiger partial charge in [-0.05, 0) is 61.7 Å². The summed E-state index contributed by atoms with van der Waals surface area (Å²) in [7, 11) is 1.66. The Bertz CT molecular complexity index is 731. The van der Waals surface area contributed by atoms with Gasteiger partial charge in [-0.25, -0.2) is 4.39 Å². The third-order valence-electron chi connectivity index (χ3n) is 4.96. The van der Waals surface area contributed by atoms with Gasteiger partial charge in [-0.1, -0.05) is 24.3 Å². The van der Waals surface area contributed by atoms with Gasteiger partial charge in [-0.15, -0.1) is 0 Å². The fraction of sp³-hybridized carbons (Fsp3) is 0.381. The van der Waals surface area contributed by atoms with Crippen molar-refractivity contribution in [2.24, 2.45) is 0 Å². The van der Waals surface area contributed by atoms with Gasteiger partial charge in [0.1, 0.15) is 11.6 Å². The number of nitrogens with zero attached hydrogens (tertiary/aromatic N) is 1. The zero-order valence-electron chi connectivity index (χ0n) is 15.2. The Labute approximate surface area is 154 Å². The Kier molecular flexibility index (Phi) is 5.89. The molecule has 1 aliphatic heterocycles. The molecule has 1 saturated heterocycles. The number of nitrogens with one attached hydrogen (secondary N) is 1. The number of benzene rings is 2. The van der Waals surface area contributed by atoms with Crippen LogP contribution >= 0.6 is 0 Å². The molecule has 0 spiro atoms. The lowest BCUT2D eigenvalue weighted by molar-refractivity contribution is -0.123. The normalized spacial score (nSPS) is 18.5. The van der Waals surface area contributed by atoms with Crippen molar-refractivity contribution in [3.63, 3.8) is 0 Å². The minimum atomic E-state index is -0.272. The van der Waals surface area contributed by atoms with Gasteiger partial charge in [0.25, 0.3) is 0 Å². The zero-order valence-corrected chi connectivity index (χ0v) is 15.2. The molecule has 4 nitrogen and oxygen atoms in total. The molecule has 2 aromatic rings. The van der Waals surface area contributed by atoms with Crippen LogP contribution in [0, 0.1) is 5.82 Å². The van der Waals surface area contributed by atoms with Gasteiger partial charge in [-0.2, -0.15) is 0 Å². The monoisotopic (exact) mass is 356 g/mol. The van der Waals surface area contributed by atoms with E-state index in [4.69, 9.17) is 4.74 Å². The first kappa shape index (κ1) is 18.4. The van der Waals surface area contributed by atoms with Crippen LogP contribution in [0.15, 0.2) is 48.5 Å². The highest BCUT2D eigenvalue weighted by Gasteiger charge is 2.27. The minimum absolute atomic E-state index is 0.0118. The Morgan fingerprint density at radius 3 is 2.58 bits per heavy atom. The molecule has 1 N–H and O–H groups in total. The van der Waals surface area contributed by atoms with E-state index in [-0.39, 0.29) is 23.8 Å². The smallest absolute Gasteiger partial charge is 0.234 e. The average molecular weight is 356 g/mol. The third kappa shape index (κ3) is 4.41. The van der Waals surface area contributed by atoms with E-state index < -0.39 is 0 Å². The second-order valence-electron chi connectivity index (χ2n) is 6.74. The van der Waals surface area contributed by atoms with Gasteiger partial charge in [0.05, 0.1) is 19.7 Å². The van der Waals surface area contributed by atoms with Crippen LogP contribution in [-0.2, 0) is 4.79 Å². The Morgan fingerprint density at radius 1 is 1.23 bits per heavy atom. The number of hydrogen-bond donors (Lipinski definition) is 1. The first-order valence-electron chi connectivity index (χ1n) is 8.99. The molecule has 2 atom stereocenters. The molecular formula is C21H25FN2O2. The number of carbonyl (C=O) groups excluding carboxylic acids is 1. The summed E-state index contributed by atoms with van der Waals surface area (Å²) in [5.74, 6) is 0.554. The third-order valence-corrected chi connectivity index (χ3v) is 4.96. The number of methoxy groups -OCH3 is 1. The van der Waals surface area contributed by atoms with E-state index in [1.54, 1.807) is 19.2 Å². The quantitative estimate of drug-likeness (QED) is 0.855. The van der Waals surface area contributed by atoms with Crippen LogP contribution in [0.25, 0.3) is 0 Å². The summed E-state index contributed by atoms with van der Waals surface area (Å²) in [5.41, 5.74) is 2.11. The molecule has 2 aromatic carbocycles. The van der Waals surface area contributed by atoms with Crippen LogP contribution in [-0.4, -0.2) is 31.0 Å². The molecule has 0 aromatic heterocycles. The van der Waals surface area contributed by atoms with Gasteiger partial charge < -0.3 is 10.1 Å². The van der Waals surface area contributed by atoms with Crippen LogP contribution in [0.3, 0.4) is 0 Å². The first-order valence-corrected chi connectivity index (χ1v) is 8.99. The highest BCUT2D eigenvalue weighted by Crippen LogP contribution is 2.32. The molecule has 0 saturated carbocycles. The van der Waals surface area contributed by atoms with Gasteiger partial charge in [0.2, 0.25) is 5.91 Å². The van der Waals surface area contributed by atoms with E-state index in [0.717, 1.165) is 30.7 Å². The number of halogens is 1. The molecule has 5 heteroatoms. The molecule has 138 valence electrons. The largest absolute Gasteiger partial charge is 0.497 e. The van der Waals surface area contributed by atoms with Gasteiger partial charge in [0.15, 0.2) is 0 Å². The zero-order chi connectivity index (χ0) is 18.5. The van der Waals surface area contributed by atoms with E-state index in [2.05, 4.69) is 22.3 Å². The van der Waals surface area contributed by atoms with Crippen molar-refractivity contribution in [2.75, 3.05) is 20.2 Å². The van der Waals surface area contributed by atoms with Crippen LogP contribution in [0.5, 0.6) is 5.75 Å². The maximum atomic E-state index is 13.0. The fourth-order valence-electron chi connectivity index (χ4n) is 3.53. The lowest BCUT2D eigenvalue weighted by atomic mass is 10.0. The van der Waals surface area contributed by atoms with Crippen molar-refractivity contribution < 1.29 is 13.9 Å². The minimum Gasteiger partial charge on any atom is -0.497 e. The second kappa shape index (κ2) is 8.32. The summed E-state index contributed by atoms with van der Waals surface area (Å²) < 4.78 is 18.2. The van der Waals surface area contributed by atoms with Gasteiger partial charge in [-0.3, -0.25) is 9.69 Å². The number of carbonyl (C=O) groups is 1. The number of ether oxygens (including phenoxy) is 1. The Balaban J connectivity index is 1.59. The highest BCUT2D eigenvalue weighted by molar-refractivity contribution is 5.78. The molecule has 1 aliphatic rings. The fourth-order valence-corrected chi connectivity index (χ4v) is 3.53. The van der Waals surface area contributed by atoms with E-state index in [1.165, 1.54) is 17.7 Å². The van der Waals surface area contributed by atoms with E-state index in [9.17, 15) is 9.18 Å². The van der Waals surface area contributed by atoms with Crippen molar-refractivity contribution in [3.05, 3.63) is 65.5 Å². The lowest BCUT2D eigenvalue weighted by Gasteiger charge is -2.25. The summed E-state index contributed by atoms with van der Waals surface area (Å²) in [4.78, 5) is 14.7. The van der Waals surface area contributed by atoms with Crippen molar-refractivity contribution in [3.8, 4) is 5.75 Å². The predicted molar refractivity (Wildman–Crippen MR) is 99.5 cm³/mol. The number of rotatable bonds is 6. The molecule has 0 unspecified atom stereocenters. The molecule has 0 radical (unpaired) electrons. The topological polar surface area (TPSA) is 41.6 Å². The van der Waals surface area contributed by atoms with Crippen LogP contribution in [0.1, 0.15) is 43.0 Å². The molecule has 1 amide bonds. The SMILES string of the molecule is COc1ccc([C@@H]2CCCN2CC(=O)N[C@H](C)c2ccc(F)cc2)cc1. The summed E-state index contributed by atoms with van der Waals surface area (Å²) in [5, 5.41) is 3.01. The predicted octanol–water partition coefficient (Wildman–Crippen LogP) is 3.85. The summed E-state index contributed by atoms with van der Waals surface area (Å²) in [6.45, 7) is 3.19. The number of hydrogen-bond acceptors (Lipinski definition) is 3. The molecule has 1 fully saturated rings. The summed E-state index contributed by atoms with van der Waals surface area (Å²) >= 11 is 0. The maximum absolute atomic E-state index is 13.0. The molecular weight excluding hydrogens is 331 g/mol. The molecule has 26 heavy (non-hydrogen) atoms. The van der Waals surface area contributed by atoms with Crippen molar-refractivity contribution >= 4 is 5.91 Å².